The highest BCUT2D eigenvalue weighted by molar-refractivity contribution is 7.71. The molecule has 3 heterocycles. The molecule has 1 fully saturated rings. The normalized spacial score (nSPS) is 27.7. The van der Waals surface area contributed by atoms with Crippen molar-refractivity contribution in [1.82, 2.24) is 9.97 Å². The van der Waals surface area contributed by atoms with Crippen LogP contribution < -0.4 is 15.1 Å². The lowest BCUT2D eigenvalue weighted by molar-refractivity contribution is 0.171. The number of hydrogen-bond donors (Lipinski definition) is 2. The van der Waals surface area contributed by atoms with E-state index in [1.54, 1.807) is 6.07 Å². The third-order valence-corrected chi connectivity index (χ3v) is 10.9. The topological polar surface area (TPSA) is 111 Å². The Morgan fingerprint density at radius 3 is 2.74 bits per heavy atom. The molecule has 180 valence electrons. The van der Waals surface area contributed by atoms with Gasteiger partial charge < -0.3 is 15.4 Å². The van der Waals surface area contributed by atoms with E-state index < -0.39 is 13.0 Å². The lowest BCUT2D eigenvalue weighted by Gasteiger charge is -2.35. The summed E-state index contributed by atoms with van der Waals surface area (Å²) in [5, 5.41) is 1.87. The Labute approximate surface area is 204 Å². The summed E-state index contributed by atoms with van der Waals surface area (Å²) >= 11 is 1.39. The highest BCUT2D eigenvalue weighted by Gasteiger charge is 2.37. The first-order chi connectivity index (χ1) is 16.2. The number of thiophene rings is 1. The van der Waals surface area contributed by atoms with Crippen molar-refractivity contribution in [2.75, 3.05) is 11.9 Å². The van der Waals surface area contributed by atoms with E-state index >= 15 is 0 Å². The Bertz CT molecular complexity index is 1200. The van der Waals surface area contributed by atoms with Crippen LogP contribution >= 0.6 is 18.7 Å². The molecule has 2 aliphatic carbocycles. The molecular weight excluding hydrogens is 467 g/mol. The van der Waals surface area contributed by atoms with Crippen molar-refractivity contribution in [3.05, 3.63) is 47.6 Å². The van der Waals surface area contributed by atoms with Gasteiger partial charge in [0.2, 0.25) is 13.2 Å². The molecule has 5 rings (SSSR count). The number of nitrogen functional groups attached to an aromatic ring is 1. The lowest BCUT2D eigenvalue weighted by Crippen LogP contribution is -2.41. The fourth-order valence-electron chi connectivity index (χ4n) is 5.37. The first kappa shape index (κ1) is 23.5. The number of ether oxygens (including phenoxy) is 1. The molecule has 3 N–H and O–H groups in total. The van der Waals surface area contributed by atoms with Crippen molar-refractivity contribution in [3.8, 4) is 5.88 Å². The van der Waals surface area contributed by atoms with Gasteiger partial charge in [0, 0.05) is 6.16 Å². The van der Waals surface area contributed by atoms with Crippen LogP contribution in [0.15, 0.2) is 52.6 Å². The third-order valence-electron chi connectivity index (χ3n) is 7.22. The summed E-state index contributed by atoms with van der Waals surface area (Å²) in [6.07, 6.45) is 13.7. The molecule has 2 atom stereocenters. The smallest absolute Gasteiger partial charge is 0.246 e. The highest BCUT2D eigenvalue weighted by Crippen LogP contribution is 2.48. The second kappa shape index (κ2) is 9.06. The van der Waals surface area contributed by atoms with E-state index in [9.17, 15) is 9.46 Å². The Morgan fingerprint density at radius 2 is 2.06 bits per heavy atom. The molecule has 2 aromatic rings. The van der Waals surface area contributed by atoms with Crippen molar-refractivity contribution in [3.63, 3.8) is 0 Å². The monoisotopic (exact) mass is 498 g/mol. The van der Waals surface area contributed by atoms with Gasteiger partial charge in [0.05, 0.1) is 10.3 Å². The molecule has 0 saturated heterocycles. The van der Waals surface area contributed by atoms with E-state index in [4.69, 9.17) is 15.5 Å². The Balaban J connectivity index is 1.22. The van der Waals surface area contributed by atoms with Gasteiger partial charge in [-0.1, -0.05) is 24.3 Å². The van der Waals surface area contributed by atoms with Gasteiger partial charge in [-0.05, 0) is 80.7 Å². The van der Waals surface area contributed by atoms with Crippen LogP contribution in [0.4, 0.5) is 11.5 Å². The molecule has 2 aromatic heterocycles. The van der Waals surface area contributed by atoms with Gasteiger partial charge in [-0.25, -0.2) is 9.98 Å². The summed E-state index contributed by atoms with van der Waals surface area (Å²) in [6.45, 7) is 3.98. The van der Waals surface area contributed by atoms with Crippen molar-refractivity contribution < 1.29 is 14.2 Å². The summed E-state index contributed by atoms with van der Waals surface area (Å²) in [4.78, 5) is 23.5. The first-order valence-corrected chi connectivity index (χ1v) is 14.6. The Morgan fingerprint density at radius 1 is 1.26 bits per heavy atom. The number of aliphatic imine (C=N–C) groups is 1. The number of nitrogens with zero attached hydrogens (tertiary/aromatic N) is 3. The van der Waals surface area contributed by atoms with Gasteiger partial charge in [0.25, 0.3) is 0 Å². The molecule has 0 bridgehead atoms. The van der Waals surface area contributed by atoms with Crippen LogP contribution in [0.5, 0.6) is 5.88 Å². The van der Waals surface area contributed by atoms with Crippen molar-refractivity contribution >= 4 is 40.5 Å². The molecule has 34 heavy (non-hydrogen) atoms. The summed E-state index contributed by atoms with van der Waals surface area (Å²) in [5.74, 6) is 2.15. The van der Waals surface area contributed by atoms with Crippen molar-refractivity contribution in [2.45, 2.75) is 51.6 Å². The predicted molar refractivity (Wildman–Crippen MR) is 138 cm³/mol. The van der Waals surface area contributed by atoms with Crippen LogP contribution in [0.3, 0.4) is 0 Å². The summed E-state index contributed by atoms with van der Waals surface area (Å²) < 4.78 is 19.5. The number of aromatic nitrogens is 2. The lowest BCUT2D eigenvalue weighted by atomic mass is 9.73. The average molecular weight is 499 g/mol. The predicted octanol–water partition coefficient (Wildman–Crippen LogP) is 5.27. The minimum Gasteiger partial charge on any atom is -0.463 e. The Hall–Kier alpha value is -2.28. The van der Waals surface area contributed by atoms with E-state index in [2.05, 4.69) is 28.2 Å². The minimum absolute atomic E-state index is 0.319. The largest absolute Gasteiger partial charge is 0.463 e. The first-order valence-electron chi connectivity index (χ1n) is 11.9. The number of nitrogens with two attached hydrogens (primary N) is 1. The molecule has 0 amide bonds. The molecule has 1 aliphatic heterocycles. The number of hydrogen-bond acceptors (Lipinski definition) is 7. The number of rotatable bonds is 5. The van der Waals surface area contributed by atoms with Crippen LogP contribution in [0.25, 0.3) is 0 Å². The molecule has 9 heteroatoms. The average Bonchev–Trinajstić information content (AvgIpc) is 3.35. The minimum atomic E-state index is -3.23. The zero-order valence-corrected chi connectivity index (χ0v) is 21.3. The number of fused-ring (bicyclic) bond motifs is 1. The zero-order valence-electron chi connectivity index (χ0n) is 19.6. The number of anilines is 1. The molecule has 0 radical (unpaired) electrons. The van der Waals surface area contributed by atoms with Crippen LogP contribution in [0.2, 0.25) is 0 Å². The standard InChI is InChI=1S/C25H31N4O3PS/c1-25(2)22(29-21-23(26)27-15-28-24(21)32-25)19-11-9-18(10-12-19)17-7-5-16(6-8-17)14-33(30,31)20-4-3-13-34-20/h3-4,9,11-13,15-18H,5-8,10,14H2,1-2H3,(H,30,31)(H2,26,27,28)/t16-,17-,18?. The quantitative estimate of drug-likeness (QED) is 0.544. The Kier molecular flexibility index (Phi) is 6.25. The van der Waals surface area contributed by atoms with Gasteiger partial charge in [0.15, 0.2) is 11.5 Å². The molecule has 2 unspecified atom stereocenters. The summed E-state index contributed by atoms with van der Waals surface area (Å²) in [5.41, 5.74) is 7.79. The molecule has 3 aliphatic rings. The van der Waals surface area contributed by atoms with Crippen LogP contribution in [0.1, 0.15) is 46.0 Å². The van der Waals surface area contributed by atoms with Crippen molar-refractivity contribution in [2.24, 2.45) is 22.7 Å². The van der Waals surface area contributed by atoms with E-state index in [0.29, 0.717) is 45.9 Å². The maximum atomic E-state index is 12.8. The fourth-order valence-corrected chi connectivity index (χ4v) is 8.46. The van der Waals surface area contributed by atoms with Crippen LogP contribution in [0, 0.1) is 17.8 Å². The SMILES string of the molecule is CC1(C)Oc2ncnc(N)c2N=C1C1=CCC([C@H]2CC[C@H](CP(=O)(O)c3cccs3)CC2)C=C1. The van der Waals surface area contributed by atoms with Gasteiger partial charge in [-0.2, -0.15) is 4.98 Å². The van der Waals surface area contributed by atoms with E-state index in [-0.39, 0.29) is 0 Å². The zero-order chi connectivity index (χ0) is 23.9. The van der Waals surface area contributed by atoms with Crippen LogP contribution in [-0.4, -0.2) is 32.3 Å². The number of allylic oxidation sites excluding steroid dienone is 3. The van der Waals surface area contributed by atoms with Gasteiger partial charge >= 0.3 is 0 Å². The van der Waals surface area contributed by atoms with Gasteiger partial charge in [-0.15, -0.1) is 11.3 Å². The third kappa shape index (κ3) is 4.64. The maximum Gasteiger partial charge on any atom is 0.246 e. The molecule has 1 saturated carbocycles. The van der Waals surface area contributed by atoms with Crippen LogP contribution in [-0.2, 0) is 4.57 Å². The summed E-state index contributed by atoms with van der Waals surface area (Å²) in [6, 6.07) is 3.64. The molecular formula is C25H31N4O3PS. The van der Waals surface area contributed by atoms with E-state index in [1.807, 2.05) is 25.3 Å². The highest BCUT2D eigenvalue weighted by atomic mass is 32.1. The van der Waals surface area contributed by atoms with E-state index in [0.717, 1.165) is 43.4 Å². The second-order valence-electron chi connectivity index (χ2n) is 10.0. The second-order valence-corrected chi connectivity index (χ2v) is 13.5. The molecule has 0 spiro atoms. The molecule has 0 aromatic carbocycles. The fraction of sp³-hybridized carbons (Fsp3) is 0.480. The summed E-state index contributed by atoms with van der Waals surface area (Å²) in [7, 11) is -3.23. The van der Waals surface area contributed by atoms with Gasteiger partial charge in [-0.3, -0.25) is 4.57 Å². The molecule has 7 nitrogen and oxygen atoms in total. The van der Waals surface area contributed by atoms with Gasteiger partial charge in [0.1, 0.15) is 11.9 Å². The maximum absolute atomic E-state index is 12.8. The van der Waals surface area contributed by atoms with E-state index in [1.165, 1.54) is 17.7 Å². The van der Waals surface area contributed by atoms with Crippen molar-refractivity contribution in [1.29, 1.82) is 0 Å².